The van der Waals surface area contributed by atoms with Crippen LogP contribution in [0.5, 0.6) is 11.6 Å². The number of benzene rings is 1. The number of Topliss-reactive ketones (excluding diaryl/α,β-unsaturated/α-hetero) is 1. The molecule has 0 saturated heterocycles. The Morgan fingerprint density at radius 3 is 2.68 bits per heavy atom. The zero-order chi connectivity index (χ0) is 17.2. The first-order valence-corrected chi connectivity index (χ1v) is 8.75. The third-order valence-corrected chi connectivity index (χ3v) is 4.42. The van der Waals surface area contributed by atoms with Gasteiger partial charge in [-0.3, -0.25) is 4.79 Å². The van der Waals surface area contributed by atoms with Gasteiger partial charge in [0.2, 0.25) is 5.88 Å². The molecule has 25 heavy (non-hydrogen) atoms. The molecule has 0 radical (unpaired) electrons. The van der Waals surface area contributed by atoms with Crippen molar-refractivity contribution in [1.29, 1.82) is 0 Å². The molecule has 0 bridgehead atoms. The van der Waals surface area contributed by atoms with Crippen LogP contribution in [0.1, 0.15) is 23.7 Å². The summed E-state index contributed by atoms with van der Waals surface area (Å²) in [5.74, 6) is 1.82. The number of fused-ring (bicyclic) bond motifs is 1. The molecule has 6 nitrogen and oxygen atoms in total. The van der Waals surface area contributed by atoms with Crippen LogP contribution in [0.15, 0.2) is 53.2 Å². The van der Waals surface area contributed by atoms with Crippen molar-refractivity contribution < 1.29 is 9.53 Å². The topological polar surface area (TPSA) is 69.4 Å². The molecule has 0 saturated carbocycles. The van der Waals surface area contributed by atoms with Gasteiger partial charge in [0.1, 0.15) is 5.75 Å². The lowest BCUT2D eigenvalue weighted by molar-refractivity contribution is 0.0988. The Bertz CT molecular complexity index is 1020. The predicted octanol–water partition coefficient (Wildman–Crippen LogP) is 4.24. The molecule has 7 heteroatoms. The summed E-state index contributed by atoms with van der Waals surface area (Å²) >= 11 is 1.59. The van der Waals surface area contributed by atoms with Gasteiger partial charge in [-0.05, 0) is 41.8 Å². The highest BCUT2D eigenvalue weighted by Gasteiger charge is 2.11. The maximum absolute atomic E-state index is 11.7. The third kappa shape index (κ3) is 3.01. The quantitative estimate of drug-likeness (QED) is 0.504. The van der Waals surface area contributed by atoms with Crippen molar-refractivity contribution >= 4 is 22.8 Å². The first-order valence-electron chi connectivity index (χ1n) is 7.81. The van der Waals surface area contributed by atoms with Gasteiger partial charge in [0, 0.05) is 29.0 Å². The lowest BCUT2D eigenvalue weighted by atomic mass is 10.1. The minimum absolute atomic E-state index is 0.107. The molecule has 0 amide bonds. The van der Waals surface area contributed by atoms with Crippen LogP contribution in [0.4, 0.5) is 0 Å². The van der Waals surface area contributed by atoms with E-state index in [2.05, 4.69) is 15.3 Å². The fourth-order valence-electron chi connectivity index (χ4n) is 2.43. The number of rotatable bonds is 5. The maximum Gasteiger partial charge on any atom is 0.237 e. The van der Waals surface area contributed by atoms with Crippen molar-refractivity contribution in [3.8, 4) is 23.0 Å². The highest BCUT2D eigenvalue weighted by Crippen LogP contribution is 2.24. The highest BCUT2D eigenvalue weighted by molar-refractivity contribution is 7.08. The minimum Gasteiger partial charge on any atom is -0.438 e. The molecule has 0 atom stereocenters. The van der Waals surface area contributed by atoms with Crippen LogP contribution in [0.2, 0.25) is 0 Å². The standard InChI is InChI=1S/C18H14N4O2S/c1-2-15(23)12-3-5-14(6-4-12)24-17-8-7-16-19-20-18(22(16)21-17)13-9-10-25-11-13/h3-11H,2H2,1H3. The summed E-state index contributed by atoms with van der Waals surface area (Å²) in [6.45, 7) is 1.84. The molecule has 3 heterocycles. The van der Waals surface area contributed by atoms with E-state index in [4.69, 9.17) is 4.74 Å². The number of carbonyl (C=O) groups is 1. The second-order valence-electron chi connectivity index (χ2n) is 5.38. The molecule has 0 N–H and O–H groups in total. The molecule has 4 aromatic rings. The van der Waals surface area contributed by atoms with Crippen molar-refractivity contribution in [2.45, 2.75) is 13.3 Å². The first-order chi connectivity index (χ1) is 12.2. The van der Waals surface area contributed by atoms with Crippen LogP contribution < -0.4 is 4.74 Å². The number of hydrogen-bond acceptors (Lipinski definition) is 6. The highest BCUT2D eigenvalue weighted by atomic mass is 32.1. The van der Waals surface area contributed by atoms with Crippen molar-refractivity contribution in [3.05, 3.63) is 58.8 Å². The van der Waals surface area contributed by atoms with Crippen molar-refractivity contribution in [2.75, 3.05) is 0 Å². The van der Waals surface area contributed by atoms with Crippen molar-refractivity contribution in [2.24, 2.45) is 0 Å². The van der Waals surface area contributed by atoms with E-state index in [1.165, 1.54) is 0 Å². The Balaban J connectivity index is 1.63. The average molecular weight is 350 g/mol. The van der Waals surface area contributed by atoms with E-state index >= 15 is 0 Å². The van der Waals surface area contributed by atoms with Crippen molar-refractivity contribution in [3.63, 3.8) is 0 Å². The Hall–Kier alpha value is -3.06. The van der Waals surface area contributed by atoms with Gasteiger partial charge in [0.25, 0.3) is 0 Å². The van der Waals surface area contributed by atoms with E-state index in [1.54, 1.807) is 52.3 Å². The van der Waals surface area contributed by atoms with Gasteiger partial charge in [-0.1, -0.05) is 6.92 Å². The normalized spacial score (nSPS) is 10.9. The van der Waals surface area contributed by atoms with Gasteiger partial charge in [0.05, 0.1) is 0 Å². The molecule has 124 valence electrons. The third-order valence-electron chi connectivity index (χ3n) is 3.74. The number of thiophene rings is 1. The van der Waals surface area contributed by atoms with Crippen LogP contribution in [0, 0.1) is 0 Å². The molecule has 0 aliphatic carbocycles. The average Bonchev–Trinajstić information content (AvgIpc) is 3.30. The van der Waals surface area contributed by atoms with E-state index in [1.807, 2.05) is 23.8 Å². The SMILES string of the molecule is CCC(=O)c1ccc(Oc2ccc3nnc(-c4ccsc4)n3n2)cc1. The van der Waals surface area contributed by atoms with E-state index in [9.17, 15) is 4.79 Å². The summed E-state index contributed by atoms with van der Waals surface area (Å²) in [6, 6.07) is 12.6. The molecular formula is C18H14N4O2S. The molecule has 0 fully saturated rings. The summed E-state index contributed by atoms with van der Waals surface area (Å²) < 4.78 is 7.46. The summed E-state index contributed by atoms with van der Waals surface area (Å²) in [6.07, 6.45) is 0.484. The molecule has 0 spiro atoms. The number of ketones is 1. The van der Waals surface area contributed by atoms with E-state index in [-0.39, 0.29) is 5.78 Å². The second-order valence-corrected chi connectivity index (χ2v) is 6.16. The van der Waals surface area contributed by atoms with Gasteiger partial charge in [0.15, 0.2) is 17.3 Å². The molecule has 0 unspecified atom stereocenters. The van der Waals surface area contributed by atoms with Gasteiger partial charge in [-0.25, -0.2) is 0 Å². The van der Waals surface area contributed by atoms with E-state index < -0.39 is 0 Å². The molecular weight excluding hydrogens is 336 g/mol. The second kappa shape index (κ2) is 6.45. The number of carbonyl (C=O) groups excluding carboxylic acids is 1. The van der Waals surface area contributed by atoms with Crippen LogP contribution in [-0.2, 0) is 0 Å². The van der Waals surface area contributed by atoms with Crippen LogP contribution >= 0.6 is 11.3 Å². The van der Waals surface area contributed by atoms with Gasteiger partial charge in [-0.15, -0.1) is 15.3 Å². The maximum atomic E-state index is 11.7. The van der Waals surface area contributed by atoms with E-state index in [0.717, 1.165) is 5.56 Å². The zero-order valence-electron chi connectivity index (χ0n) is 13.4. The van der Waals surface area contributed by atoms with Gasteiger partial charge in [-0.2, -0.15) is 15.9 Å². The molecule has 3 aromatic heterocycles. The van der Waals surface area contributed by atoms with Crippen molar-refractivity contribution in [1.82, 2.24) is 19.8 Å². The fraction of sp³-hybridized carbons (Fsp3) is 0.111. The van der Waals surface area contributed by atoms with E-state index in [0.29, 0.717) is 35.1 Å². The van der Waals surface area contributed by atoms with Crippen LogP contribution in [0.3, 0.4) is 0 Å². The van der Waals surface area contributed by atoms with Crippen LogP contribution in [0.25, 0.3) is 17.0 Å². The molecule has 0 aliphatic heterocycles. The minimum atomic E-state index is 0.107. The number of ether oxygens (including phenoxy) is 1. The Morgan fingerprint density at radius 2 is 1.96 bits per heavy atom. The van der Waals surface area contributed by atoms with Gasteiger partial charge < -0.3 is 4.74 Å². The number of hydrogen-bond donors (Lipinski definition) is 0. The summed E-state index contributed by atoms with van der Waals surface area (Å²) in [5, 5.41) is 16.8. The van der Waals surface area contributed by atoms with Gasteiger partial charge >= 0.3 is 0 Å². The Labute approximate surface area is 147 Å². The number of aromatic nitrogens is 4. The predicted molar refractivity (Wildman–Crippen MR) is 95.2 cm³/mol. The monoisotopic (exact) mass is 350 g/mol. The molecule has 1 aromatic carbocycles. The number of nitrogens with zero attached hydrogens (tertiary/aromatic N) is 4. The fourth-order valence-corrected chi connectivity index (χ4v) is 3.07. The Kier molecular flexibility index (Phi) is 3.99. The first kappa shape index (κ1) is 15.5. The Morgan fingerprint density at radius 1 is 1.12 bits per heavy atom. The molecule has 4 rings (SSSR count). The summed E-state index contributed by atoms with van der Waals surface area (Å²) in [5.41, 5.74) is 2.29. The molecule has 0 aliphatic rings. The summed E-state index contributed by atoms with van der Waals surface area (Å²) in [7, 11) is 0. The smallest absolute Gasteiger partial charge is 0.237 e. The van der Waals surface area contributed by atoms with Crippen LogP contribution in [-0.4, -0.2) is 25.6 Å². The lowest BCUT2D eigenvalue weighted by Gasteiger charge is -2.06. The zero-order valence-corrected chi connectivity index (χ0v) is 14.2. The largest absolute Gasteiger partial charge is 0.438 e. The summed E-state index contributed by atoms with van der Waals surface area (Å²) in [4.78, 5) is 11.7. The lowest BCUT2D eigenvalue weighted by Crippen LogP contribution is -1.98.